The summed E-state index contributed by atoms with van der Waals surface area (Å²) >= 11 is 0. The first-order valence-electron chi connectivity index (χ1n) is 9.69. The van der Waals surface area contributed by atoms with Crippen molar-refractivity contribution in [3.63, 3.8) is 0 Å². The molecule has 4 amide bonds. The number of aliphatic hydroxyl groups is 1. The summed E-state index contributed by atoms with van der Waals surface area (Å²) in [6, 6.07) is 17.2. The highest BCUT2D eigenvalue weighted by Crippen LogP contribution is 2.15. The maximum Gasteiger partial charge on any atom is 0.324 e. The summed E-state index contributed by atoms with van der Waals surface area (Å²) in [5.41, 5.74) is 1.85. The van der Waals surface area contributed by atoms with Gasteiger partial charge in [-0.2, -0.15) is 0 Å². The number of amides is 4. The van der Waals surface area contributed by atoms with Crippen LogP contribution in [-0.4, -0.2) is 47.0 Å². The number of aliphatic hydroxyl groups excluding tert-OH is 1. The van der Waals surface area contributed by atoms with E-state index < -0.39 is 18.1 Å². The number of nitrogens with zero attached hydrogens (tertiary/aromatic N) is 1. The lowest BCUT2D eigenvalue weighted by molar-refractivity contribution is -0.127. The van der Waals surface area contributed by atoms with Crippen LogP contribution >= 0.6 is 0 Å². The molecule has 1 aliphatic rings. The molecule has 3 N–H and O–H groups in total. The normalized spacial score (nSPS) is 17.1. The molecule has 29 heavy (non-hydrogen) atoms. The van der Waals surface area contributed by atoms with E-state index >= 15 is 0 Å². The Hall–Kier alpha value is -3.19. The molecular weight excluding hydrogens is 370 g/mol. The van der Waals surface area contributed by atoms with Gasteiger partial charge in [0.05, 0.1) is 12.6 Å². The molecule has 0 aliphatic carbocycles. The summed E-state index contributed by atoms with van der Waals surface area (Å²) in [5, 5.41) is 15.0. The molecular formula is C22H25N3O4. The minimum atomic E-state index is -0.701. The molecule has 0 aromatic heterocycles. The van der Waals surface area contributed by atoms with Crippen molar-refractivity contribution < 1.29 is 19.5 Å². The largest absolute Gasteiger partial charge is 0.394 e. The van der Waals surface area contributed by atoms with Crippen LogP contribution in [0, 0.1) is 0 Å². The van der Waals surface area contributed by atoms with Gasteiger partial charge in [-0.15, -0.1) is 0 Å². The topological polar surface area (TPSA) is 98.7 Å². The van der Waals surface area contributed by atoms with Crippen LogP contribution in [0.2, 0.25) is 0 Å². The number of carbonyl (C=O) groups excluding carboxylic acids is 3. The second-order valence-corrected chi connectivity index (χ2v) is 6.98. The van der Waals surface area contributed by atoms with Crippen LogP contribution in [0.4, 0.5) is 4.79 Å². The Bertz CT molecular complexity index is 842. The number of hydrogen-bond donors (Lipinski definition) is 3. The SMILES string of the molecule is O=C(CC[C@@H]1NC(=O)N(CCc2ccccc2)C1=O)N[C@H](CO)c1ccccc1. The fourth-order valence-electron chi connectivity index (χ4n) is 3.33. The molecule has 1 saturated heterocycles. The summed E-state index contributed by atoms with van der Waals surface area (Å²) in [5.74, 6) is -0.585. The fourth-order valence-corrected chi connectivity index (χ4v) is 3.33. The zero-order valence-corrected chi connectivity index (χ0v) is 16.1. The van der Waals surface area contributed by atoms with E-state index in [1.807, 2.05) is 60.7 Å². The van der Waals surface area contributed by atoms with Gasteiger partial charge >= 0.3 is 6.03 Å². The van der Waals surface area contributed by atoms with Crippen LogP contribution in [-0.2, 0) is 16.0 Å². The van der Waals surface area contributed by atoms with E-state index in [0.717, 1.165) is 11.1 Å². The van der Waals surface area contributed by atoms with Gasteiger partial charge in [0.1, 0.15) is 6.04 Å². The number of benzene rings is 2. The van der Waals surface area contributed by atoms with Crippen LogP contribution in [0.5, 0.6) is 0 Å². The van der Waals surface area contributed by atoms with E-state index in [1.165, 1.54) is 4.90 Å². The van der Waals surface area contributed by atoms with Crippen molar-refractivity contribution in [2.45, 2.75) is 31.3 Å². The van der Waals surface area contributed by atoms with Crippen molar-refractivity contribution in [3.8, 4) is 0 Å². The number of carbonyl (C=O) groups is 3. The number of urea groups is 1. The van der Waals surface area contributed by atoms with Gasteiger partial charge in [-0.3, -0.25) is 14.5 Å². The lowest BCUT2D eigenvalue weighted by Crippen LogP contribution is -2.35. The highest BCUT2D eigenvalue weighted by Gasteiger charge is 2.37. The Kier molecular flexibility index (Phi) is 6.97. The lowest BCUT2D eigenvalue weighted by atomic mass is 10.1. The third-order valence-corrected chi connectivity index (χ3v) is 4.95. The average Bonchev–Trinajstić information content (AvgIpc) is 3.03. The summed E-state index contributed by atoms with van der Waals surface area (Å²) in [4.78, 5) is 38.1. The van der Waals surface area contributed by atoms with Gasteiger partial charge in [0.15, 0.2) is 0 Å². The molecule has 152 valence electrons. The van der Waals surface area contributed by atoms with Crippen molar-refractivity contribution in [1.82, 2.24) is 15.5 Å². The van der Waals surface area contributed by atoms with Crippen molar-refractivity contribution >= 4 is 17.8 Å². The van der Waals surface area contributed by atoms with E-state index in [4.69, 9.17) is 0 Å². The minimum Gasteiger partial charge on any atom is -0.394 e. The fraction of sp³-hybridized carbons (Fsp3) is 0.318. The molecule has 0 spiro atoms. The van der Waals surface area contributed by atoms with Gasteiger partial charge in [-0.25, -0.2) is 4.79 Å². The summed E-state index contributed by atoms with van der Waals surface area (Å²) < 4.78 is 0. The van der Waals surface area contributed by atoms with Crippen LogP contribution < -0.4 is 10.6 Å². The Balaban J connectivity index is 1.48. The van der Waals surface area contributed by atoms with Crippen LogP contribution in [0.1, 0.15) is 30.0 Å². The minimum absolute atomic E-state index is 0.0759. The standard InChI is InChI=1S/C22H25N3O4/c26-15-19(17-9-5-2-6-10-17)23-20(27)12-11-18-21(28)25(22(29)24-18)14-13-16-7-3-1-4-8-16/h1-10,18-19,26H,11-15H2,(H,23,27)(H,24,29)/t18-,19+/m0/s1. The molecule has 1 heterocycles. The second-order valence-electron chi connectivity index (χ2n) is 6.98. The molecule has 0 unspecified atom stereocenters. The summed E-state index contributed by atoms with van der Waals surface area (Å²) in [7, 11) is 0. The summed E-state index contributed by atoms with van der Waals surface area (Å²) in [6.07, 6.45) is 0.875. The Morgan fingerprint density at radius 1 is 1.07 bits per heavy atom. The zero-order chi connectivity index (χ0) is 20.6. The van der Waals surface area contributed by atoms with Crippen LogP contribution in [0.25, 0.3) is 0 Å². The maximum atomic E-state index is 12.5. The molecule has 7 nitrogen and oxygen atoms in total. The van der Waals surface area contributed by atoms with Crippen LogP contribution in [0.3, 0.4) is 0 Å². The third kappa shape index (κ3) is 5.42. The zero-order valence-electron chi connectivity index (χ0n) is 16.1. The second kappa shape index (κ2) is 9.84. The van der Waals surface area contributed by atoms with Gasteiger partial charge in [0.2, 0.25) is 5.91 Å². The molecule has 0 bridgehead atoms. The van der Waals surface area contributed by atoms with E-state index in [2.05, 4.69) is 10.6 Å². The van der Waals surface area contributed by atoms with Crippen molar-refractivity contribution in [2.75, 3.05) is 13.2 Å². The van der Waals surface area contributed by atoms with Gasteiger partial charge < -0.3 is 15.7 Å². The quantitative estimate of drug-likeness (QED) is 0.564. The molecule has 0 radical (unpaired) electrons. The maximum absolute atomic E-state index is 12.5. The molecule has 0 saturated carbocycles. The highest BCUT2D eigenvalue weighted by atomic mass is 16.3. The van der Waals surface area contributed by atoms with Crippen LogP contribution in [0.15, 0.2) is 60.7 Å². The van der Waals surface area contributed by atoms with E-state index in [0.29, 0.717) is 13.0 Å². The number of nitrogens with one attached hydrogen (secondary N) is 2. The Labute approximate surface area is 169 Å². The molecule has 1 aliphatic heterocycles. The van der Waals surface area contributed by atoms with Gasteiger partial charge in [-0.05, 0) is 24.0 Å². The molecule has 2 aromatic rings. The molecule has 7 heteroatoms. The van der Waals surface area contributed by atoms with Crippen molar-refractivity contribution in [1.29, 1.82) is 0 Å². The van der Waals surface area contributed by atoms with E-state index in [-0.39, 0.29) is 31.3 Å². The molecule has 2 atom stereocenters. The van der Waals surface area contributed by atoms with Gasteiger partial charge in [-0.1, -0.05) is 60.7 Å². The molecule has 3 rings (SSSR count). The first kappa shape index (κ1) is 20.5. The predicted molar refractivity (Wildman–Crippen MR) is 108 cm³/mol. The van der Waals surface area contributed by atoms with Crippen molar-refractivity contribution in [2.24, 2.45) is 0 Å². The monoisotopic (exact) mass is 395 g/mol. The number of imide groups is 1. The smallest absolute Gasteiger partial charge is 0.324 e. The first-order chi connectivity index (χ1) is 14.1. The number of hydrogen-bond acceptors (Lipinski definition) is 4. The van der Waals surface area contributed by atoms with Gasteiger partial charge in [0, 0.05) is 13.0 Å². The molecule has 2 aromatic carbocycles. The van der Waals surface area contributed by atoms with Crippen molar-refractivity contribution in [3.05, 3.63) is 71.8 Å². The molecule has 1 fully saturated rings. The predicted octanol–water partition coefficient (Wildman–Crippen LogP) is 1.78. The highest BCUT2D eigenvalue weighted by molar-refractivity contribution is 6.04. The third-order valence-electron chi connectivity index (χ3n) is 4.95. The van der Waals surface area contributed by atoms with E-state index in [9.17, 15) is 19.5 Å². The lowest BCUT2D eigenvalue weighted by Gasteiger charge is -2.17. The van der Waals surface area contributed by atoms with E-state index in [1.54, 1.807) is 0 Å². The number of rotatable bonds is 9. The summed E-state index contributed by atoms with van der Waals surface area (Å²) in [6.45, 7) is 0.0834. The Morgan fingerprint density at radius 2 is 1.72 bits per heavy atom. The first-order valence-corrected chi connectivity index (χ1v) is 9.69. The van der Waals surface area contributed by atoms with Gasteiger partial charge in [0.25, 0.3) is 5.91 Å². The average molecular weight is 395 g/mol. The Morgan fingerprint density at radius 3 is 2.38 bits per heavy atom.